The van der Waals surface area contributed by atoms with E-state index < -0.39 is 8.32 Å². The van der Waals surface area contributed by atoms with E-state index in [1.54, 1.807) is 0 Å². The van der Waals surface area contributed by atoms with Gasteiger partial charge < -0.3 is 9.53 Å². The number of hydrogen-bond acceptors (Lipinski definition) is 2. The first-order valence-electron chi connectivity index (χ1n) is 10.2. The lowest BCUT2D eigenvalue weighted by Crippen LogP contribution is -2.48. The molecule has 2 nitrogen and oxygen atoms in total. The molecule has 0 aliphatic heterocycles. The maximum Gasteiger partial charge on any atom is 0.192 e. The summed E-state index contributed by atoms with van der Waals surface area (Å²) >= 11 is 0. The number of fused-ring (bicyclic) bond motifs is 1. The lowest BCUT2D eigenvalue weighted by atomic mass is 9.61. The molecule has 0 aromatic heterocycles. The molecule has 0 amide bonds. The van der Waals surface area contributed by atoms with E-state index in [9.17, 15) is 5.11 Å². The van der Waals surface area contributed by atoms with Crippen LogP contribution in [-0.4, -0.2) is 26.1 Å². The van der Waals surface area contributed by atoms with Gasteiger partial charge in [-0.3, -0.25) is 0 Å². The van der Waals surface area contributed by atoms with Crippen molar-refractivity contribution in [2.45, 2.75) is 97.4 Å². The maximum atomic E-state index is 9.36. The van der Waals surface area contributed by atoms with Crippen LogP contribution in [0, 0.1) is 23.2 Å². The van der Waals surface area contributed by atoms with Crippen LogP contribution in [0.2, 0.25) is 18.1 Å². The van der Waals surface area contributed by atoms with Gasteiger partial charge in [0.05, 0.1) is 0 Å². The molecule has 2 rings (SSSR count). The fourth-order valence-corrected chi connectivity index (χ4v) is 8.89. The Morgan fingerprint density at radius 1 is 1.13 bits per heavy atom. The average Bonchev–Trinajstić information content (AvgIpc) is 2.91. The first kappa shape index (κ1) is 19.5. The molecule has 0 aromatic carbocycles. The fourth-order valence-electron chi connectivity index (χ4n) is 5.96. The minimum Gasteiger partial charge on any atom is -0.414 e. The van der Waals surface area contributed by atoms with Crippen LogP contribution in [0.5, 0.6) is 0 Å². The summed E-state index contributed by atoms with van der Waals surface area (Å²) < 4.78 is 6.98. The third kappa shape index (κ3) is 3.72. The zero-order valence-corrected chi connectivity index (χ0v) is 17.2. The minimum atomic E-state index is -1.50. The Labute approximate surface area is 145 Å². The van der Waals surface area contributed by atoms with Gasteiger partial charge in [-0.25, -0.2) is 0 Å². The highest BCUT2D eigenvalue weighted by Gasteiger charge is 2.53. The van der Waals surface area contributed by atoms with Crippen LogP contribution in [0.15, 0.2) is 0 Å². The van der Waals surface area contributed by atoms with Crippen LogP contribution in [0.1, 0.15) is 73.1 Å². The molecule has 3 heteroatoms. The van der Waals surface area contributed by atoms with Crippen molar-refractivity contribution in [3.05, 3.63) is 0 Å². The van der Waals surface area contributed by atoms with E-state index in [1.165, 1.54) is 50.2 Å². The van der Waals surface area contributed by atoms with E-state index in [0.717, 1.165) is 18.3 Å². The lowest BCUT2D eigenvalue weighted by molar-refractivity contribution is -0.0214. The fraction of sp³-hybridized carbons (Fsp3) is 1.00. The van der Waals surface area contributed by atoms with E-state index in [-0.39, 0.29) is 0 Å². The van der Waals surface area contributed by atoms with Gasteiger partial charge in [0.2, 0.25) is 0 Å². The third-order valence-corrected chi connectivity index (χ3v) is 12.4. The Morgan fingerprint density at radius 2 is 1.78 bits per heavy atom. The van der Waals surface area contributed by atoms with Crippen molar-refractivity contribution in [1.29, 1.82) is 0 Å². The van der Waals surface area contributed by atoms with Crippen LogP contribution in [0.3, 0.4) is 0 Å². The molecular formula is C20H40O2Si. The van der Waals surface area contributed by atoms with Crippen LogP contribution in [0.4, 0.5) is 0 Å². The minimum absolute atomic E-state index is 0.343. The average molecular weight is 341 g/mol. The standard InChI is InChI=1S/C20H40O2Si/c1-6-23(7-2,8-3)22-19-10-9-14-20(5)17(11-12-18(19)20)16(4)13-15-21/h16-19,21H,6-15H2,1-5H3/t16?,17-,18?,19+,20-/m1/s1. The van der Waals surface area contributed by atoms with Crippen LogP contribution >= 0.6 is 0 Å². The van der Waals surface area contributed by atoms with Gasteiger partial charge in [-0.05, 0) is 73.4 Å². The second kappa shape index (κ2) is 8.01. The Bertz CT molecular complexity index is 360. The first-order chi connectivity index (χ1) is 11.0. The molecule has 2 unspecified atom stereocenters. The van der Waals surface area contributed by atoms with Crippen LogP contribution < -0.4 is 0 Å². The molecule has 0 bridgehead atoms. The Balaban J connectivity index is 2.14. The predicted octanol–water partition coefficient (Wildman–Crippen LogP) is 5.61. The second-order valence-electron chi connectivity index (χ2n) is 8.58. The van der Waals surface area contributed by atoms with Gasteiger partial charge in [0.25, 0.3) is 0 Å². The van der Waals surface area contributed by atoms with E-state index in [2.05, 4.69) is 34.6 Å². The van der Waals surface area contributed by atoms with E-state index in [4.69, 9.17) is 4.43 Å². The van der Waals surface area contributed by atoms with Gasteiger partial charge in [0, 0.05) is 12.7 Å². The van der Waals surface area contributed by atoms with Crippen molar-refractivity contribution in [1.82, 2.24) is 0 Å². The van der Waals surface area contributed by atoms with Crippen molar-refractivity contribution in [2.75, 3.05) is 6.61 Å². The number of hydrogen-bond donors (Lipinski definition) is 1. The van der Waals surface area contributed by atoms with Crippen molar-refractivity contribution in [3.8, 4) is 0 Å². The number of aliphatic hydroxyl groups is 1. The summed E-state index contributed by atoms with van der Waals surface area (Å²) in [7, 11) is -1.50. The van der Waals surface area contributed by atoms with Crippen molar-refractivity contribution < 1.29 is 9.53 Å². The van der Waals surface area contributed by atoms with Gasteiger partial charge >= 0.3 is 0 Å². The monoisotopic (exact) mass is 340 g/mol. The van der Waals surface area contributed by atoms with Gasteiger partial charge in [-0.2, -0.15) is 0 Å². The smallest absolute Gasteiger partial charge is 0.192 e. The molecule has 0 heterocycles. The normalized spacial score (nSPS) is 36.0. The van der Waals surface area contributed by atoms with Crippen LogP contribution in [-0.2, 0) is 4.43 Å². The van der Waals surface area contributed by atoms with Gasteiger partial charge in [-0.1, -0.05) is 41.0 Å². The molecule has 2 aliphatic rings. The molecule has 2 aliphatic carbocycles. The summed E-state index contributed by atoms with van der Waals surface area (Å²) in [6, 6.07) is 3.80. The number of aliphatic hydroxyl groups excluding tert-OH is 1. The highest BCUT2D eigenvalue weighted by molar-refractivity contribution is 6.73. The third-order valence-electron chi connectivity index (χ3n) is 7.74. The van der Waals surface area contributed by atoms with Crippen molar-refractivity contribution >= 4 is 8.32 Å². The zero-order valence-electron chi connectivity index (χ0n) is 16.2. The topological polar surface area (TPSA) is 29.5 Å². The van der Waals surface area contributed by atoms with Crippen LogP contribution in [0.25, 0.3) is 0 Å². The summed E-state index contributed by atoms with van der Waals surface area (Å²) in [6.07, 6.45) is 8.18. The molecule has 0 saturated heterocycles. The maximum absolute atomic E-state index is 9.36. The van der Waals surface area contributed by atoms with Gasteiger partial charge in [0.15, 0.2) is 8.32 Å². The summed E-state index contributed by atoms with van der Waals surface area (Å²) in [4.78, 5) is 0. The highest BCUT2D eigenvalue weighted by Crippen LogP contribution is 2.59. The molecule has 0 spiro atoms. The molecule has 2 saturated carbocycles. The molecule has 1 N–H and O–H groups in total. The highest BCUT2D eigenvalue weighted by atomic mass is 28.4. The lowest BCUT2D eigenvalue weighted by Gasteiger charge is -2.48. The predicted molar refractivity (Wildman–Crippen MR) is 101 cm³/mol. The van der Waals surface area contributed by atoms with Gasteiger partial charge in [-0.15, -0.1) is 0 Å². The molecular weight excluding hydrogens is 300 g/mol. The Kier molecular flexibility index (Phi) is 6.78. The molecule has 0 radical (unpaired) electrons. The van der Waals surface area contributed by atoms with E-state index in [0.29, 0.717) is 24.0 Å². The van der Waals surface area contributed by atoms with E-state index >= 15 is 0 Å². The van der Waals surface area contributed by atoms with E-state index in [1.807, 2.05) is 0 Å². The summed E-state index contributed by atoms with van der Waals surface area (Å²) in [5.41, 5.74) is 0.451. The molecule has 0 aromatic rings. The second-order valence-corrected chi connectivity index (χ2v) is 13.3. The summed E-state index contributed by atoms with van der Waals surface area (Å²) in [6.45, 7) is 12.3. The summed E-state index contributed by atoms with van der Waals surface area (Å²) in [5.74, 6) is 2.20. The van der Waals surface area contributed by atoms with Crippen molar-refractivity contribution in [2.24, 2.45) is 23.2 Å². The number of rotatable bonds is 8. The Morgan fingerprint density at radius 3 is 2.35 bits per heavy atom. The Hall–Kier alpha value is 0.137. The molecule has 5 atom stereocenters. The zero-order chi connectivity index (χ0) is 17.1. The van der Waals surface area contributed by atoms with Gasteiger partial charge in [0.1, 0.15) is 0 Å². The quantitative estimate of drug-likeness (QED) is 0.582. The molecule has 23 heavy (non-hydrogen) atoms. The summed E-state index contributed by atoms with van der Waals surface area (Å²) in [5, 5.41) is 9.36. The largest absolute Gasteiger partial charge is 0.414 e. The molecule has 136 valence electrons. The SMILES string of the molecule is CC[Si](CC)(CC)O[C@H]1CCC[C@@]2(C)C1CC[C@@H]2C(C)CCO. The molecule has 2 fully saturated rings. The van der Waals surface area contributed by atoms with Crippen molar-refractivity contribution in [3.63, 3.8) is 0 Å². The first-order valence-corrected chi connectivity index (χ1v) is 12.8.